The van der Waals surface area contributed by atoms with Gasteiger partial charge in [-0.25, -0.2) is 4.79 Å². The second-order valence-electron chi connectivity index (χ2n) is 8.27. The number of carbonyl (C=O) groups excluding carboxylic acids is 2. The summed E-state index contributed by atoms with van der Waals surface area (Å²) in [4.78, 5) is 40.2. The molecule has 0 fully saturated rings. The number of carbonyl (C=O) groups is 2. The SMILES string of the molecule is O=C1C2=C(N[C@@H]1C(=O)c1ccc(Br)cc1)Oc1c(c(=O)oc3ccccc13)[C@H]2c1ccc(Br)cc1. The highest BCUT2D eigenvalue weighted by atomic mass is 79.9. The Hall–Kier alpha value is -3.49. The fourth-order valence-electron chi connectivity index (χ4n) is 4.59. The summed E-state index contributed by atoms with van der Waals surface area (Å²) in [6.07, 6.45) is 0. The quantitative estimate of drug-likeness (QED) is 0.193. The molecule has 0 radical (unpaired) electrons. The van der Waals surface area contributed by atoms with E-state index in [1.165, 1.54) is 0 Å². The monoisotopic (exact) mass is 591 g/mol. The molecule has 0 saturated carbocycles. The molecule has 1 aromatic heterocycles. The third-order valence-electron chi connectivity index (χ3n) is 6.22. The lowest BCUT2D eigenvalue weighted by Gasteiger charge is -2.26. The molecule has 6 nitrogen and oxygen atoms in total. The molecule has 0 saturated heterocycles. The summed E-state index contributed by atoms with van der Waals surface area (Å²) in [5.41, 5.74) is 1.35. The van der Waals surface area contributed by atoms with Crippen molar-refractivity contribution in [3.05, 3.63) is 120 Å². The Morgan fingerprint density at radius 1 is 0.857 bits per heavy atom. The summed E-state index contributed by atoms with van der Waals surface area (Å²) in [5.74, 6) is -1.07. The van der Waals surface area contributed by atoms with Crippen molar-refractivity contribution in [3.8, 4) is 5.75 Å². The first-order valence-corrected chi connectivity index (χ1v) is 12.3. The molecule has 0 bridgehead atoms. The van der Waals surface area contributed by atoms with Crippen LogP contribution in [0, 0.1) is 0 Å². The zero-order valence-corrected chi connectivity index (χ0v) is 21.1. The van der Waals surface area contributed by atoms with Crippen LogP contribution in [0.1, 0.15) is 27.4 Å². The van der Waals surface area contributed by atoms with E-state index in [0.29, 0.717) is 27.8 Å². The Labute approximate surface area is 215 Å². The second-order valence-corrected chi connectivity index (χ2v) is 10.1. The maximum Gasteiger partial charge on any atom is 0.344 e. The number of fused-ring (bicyclic) bond motifs is 3. The van der Waals surface area contributed by atoms with Crippen LogP contribution in [0.25, 0.3) is 11.0 Å². The number of benzene rings is 3. The van der Waals surface area contributed by atoms with Gasteiger partial charge < -0.3 is 14.5 Å². The second kappa shape index (κ2) is 8.32. The van der Waals surface area contributed by atoms with Crippen LogP contribution < -0.4 is 15.7 Å². The van der Waals surface area contributed by atoms with E-state index in [0.717, 1.165) is 8.95 Å². The molecule has 172 valence electrons. The highest BCUT2D eigenvalue weighted by Gasteiger charge is 2.47. The van der Waals surface area contributed by atoms with Crippen LogP contribution in [-0.2, 0) is 4.79 Å². The lowest BCUT2D eigenvalue weighted by atomic mass is 9.81. The minimum Gasteiger partial charge on any atom is -0.440 e. The predicted molar refractivity (Wildman–Crippen MR) is 137 cm³/mol. The van der Waals surface area contributed by atoms with Gasteiger partial charge in [-0.1, -0.05) is 68.3 Å². The lowest BCUT2D eigenvalue weighted by molar-refractivity contribution is -0.115. The van der Waals surface area contributed by atoms with E-state index in [1.807, 2.05) is 30.3 Å². The van der Waals surface area contributed by atoms with Crippen LogP contribution in [0.15, 0.2) is 102 Å². The van der Waals surface area contributed by atoms with Gasteiger partial charge in [-0.3, -0.25) is 9.59 Å². The van der Waals surface area contributed by atoms with Crippen LogP contribution in [-0.4, -0.2) is 17.6 Å². The van der Waals surface area contributed by atoms with E-state index >= 15 is 0 Å². The van der Waals surface area contributed by atoms with Crippen LogP contribution in [0.3, 0.4) is 0 Å². The Morgan fingerprint density at radius 2 is 1.51 bits per heavy atom. The van der Waals surface area contributed by atoms with Crippen LogP contribution in [0.4, 0.5) is 0 Å². The largest absolute Gasteiger partial charge is 0.440 e. The van der Waals surface area contributed by atoms with Crippen molar-refractivity contribution in [2.24, 2.45) is 0 Å². The van der Waals surface area contributed by atoms with Gasteiger partial charge in [0.2, 0.25) is 5.88 Å². The van der Waals surface area contributed by atoms with Gasteiger partial charge in [-0.2, -0.15) is 0 Å². The topological polar surface area (TPSA) is 85.6 Å². The molecule has 2 atom stereocenters. The molecule has 0 aliphatic carbocycles. The number of hydrogen-bond donors (Lipinski definition) is 1. The molecule has 4 aromatic rings. The minimum atomic E-state index is -1.16. The fraction of sp³-hybridized carbons (Fsp3) is 0.0741. The summed E-state index contributed by atoms with van der Waals surface area (Å²) in [6, 6.07) is 20.0. The molecule has 0 spiro atoms. The first-order valence-electron chi connectivity index (χ1n) is 10.8. The van der Waals surface area contributed by atoms with E-state index in [2.05, 4.69) is 37.2 Å². The Bertz CT molecular complexity index is 1620. The van der Waals surface area contributed by atoms with Crippen molar-refractivity contribution >= 4 is 54.4 Å². The van der Waals surface area contributed by atoms with E-state index in [1.54, 1.807) is 42.5 Å². The number of nitrogens with one attached hydrogen (secondary N) is 1. The molecular formula is C27H15Br2NO5. The van der Waals surface area contributed by atoms with E-state index in [4.69, 9.17) is 9.15 Å². The fourth-order valence-corrected chi connectivity index (χ4v) is 5.12. The van der Waals surface area contributed by atoms with Crippen LogP contribution in [0.2, 0.25) is 0 Å². The van der Waals surface area contributed by atoms with Crippen LogP contribution >= 0.6 is 31.9 Å². The number of ether oxygens (including phenoxy) is 1. The minimum absolute atomic E-state index is 0.182. The molecular weight excluding hydrogens is 578 g/mol. The maximum atomic E-state index is 13.7. The van der Waals surface area contributed by atoms with Crippen LogP contribution in [0.5, 0.6) is 5.75 Å². The molecule has 0 amide bonds. The summed E-state index contributed by atoms with van der Waals surface area (Å²) in [6.45, 7) is 0. The van der Waals surface area contributed by atoms with E-state index in [9.17, 15) is 14.4 Å². The first-order chi connectivity index (χ1) is 16.9. The average molecular weight is 593 g/mol. The Balaban J connectivity index is 1.52. The van der Waals surface area contributed by atoms with Gasteiger partial charge in [0.05, 0.1) is 22.4 Å². The Kier molecular flexibility index (Phi) is 5.23. The number of para-hydroxylation sites is 1. The zero-order chi connectivity index (χ0) is 24.3. The van der Waals surface area contributed by atoms with Crippen molar-refractivity contribution in [1.82, 2.24) is 5.32 Å². The summed E-state index contributed by atoms with van der Waals surface area (Å²) >= 11 is 6.79. The molecule has 35 heavy (non-hydrogen) atoms. The molecule has 8 heteroatoms. The van der Waals surface area contributed by atoms with Gasteiger partial charge in [0.25, 0.3) is 0 Å². The zero-order valence-electron chi connectivity index (χ0n) is 17.9. The summed E-state index contributed by atoms with van der Waals surface area (Å²) in [7, 11) is 0. The van der Waals surface area contributed by atoms with Gasteiger partial charge in [-0.15, -0.1) is 0 Å². The smallest absolute Gasteiger partial charge is 0.344 e. The molecule has 3 aromatic carbocycles. The lowest BCUT2D eigenvalue weighted by Crippen LogP contribution is -2.38. The number of ketones is 2. The van der Waals surface area contributed by atoms with Gasteiger partial charge in [0, 0.05) is 14.5 Å². The molecule has 1 N–H and O–H groups in total. The van der Waals surface area contributed by atoms with Crippen molar-refractivity contribution in [2.45, 2.75) is 12.0 Å². The van der Waals surface area contributed by atoms with E-state index in [-0.39, 0.29) is 22.8 Å². The average Bonchev–Trinajstić information content (AvgIpc) is 3.19. The van der Waals surface area contributed by atoms with Gasteiger partial charge >= 0.3 is 5.63 Å². The number of hydrogen-bond acceptors (Lipinski definition) is 6. The van der Waals surface area contributed by atoms with Crippen molar-refractivity contribution < 1.29 is 18.7 Å². The van der Waals surface area contributed by atoms with Gasteiger partial charge in [-0.05, 0) is 42.0 Å². The molecule has 0 unspecified atom stereocenters. The van der Waals surface area contributed by atoms with E-state index < -0.39 is 23.4 Å². The third kappa shape index (κ3) is 3.56. The molecule has 3 heterocycles. The first kappa shape index (κ1) is 22.0. The highest BCUT2D eigenvalue weighted by Crippen LogP contribution is 2.46. The van der Waals surface area contributed by atoms with Crippen molar-refractivity contribution in [2.75, 3.05) is 0 Å². The van der Waals surface area contributed by atoms with Gasteiger partial charge in [0.1, 0.15) is 5.58 Å². The molecule has 2 aliphatic heterocycles. The summed E-state index contributed by atoms with van der Waals surface area (Å²) < 4.78 is 13.4. The maximum absolute atomic E-state index is 13.7. The number of halogens is 2. The summed E-state index contributed by atoms with van der Waals surface area (Å²) in [5, 5.41) is 3.60. The number of rotatable bonds is 3. The highest BCUT2D eigenvalue weighted by molar-refractivity contribution is 9.10. The molecule has 6 rings (SSSR count). The number of Topliss-reactive ketones (excluding diaryl/α,β-unsaturated/α-hetero) is 2. The normalized spacial score (nSPS) is 18.6. The van der Waals surface area contributed by atoms with Crippen molar-refractivity contribution in [3.63, 3.8) is 0 Å². The van der Waals surface area contributed by atoms with Crippen molar-refractivity contribution in [1.29, 1.82) is 0 Å². The van der Waals surface area contributed by atoms with Gasteiger partial charge in [0.15, 0.2) is 23.4 Å². The molecule has 2 aliphatic rings. The Morgan fingerprint density at radius 3 is 2.23 bits per heavy atom. The third-order valence-corrected chi connectivity index (χ3v) is 7.28. The standard InChI is InChI=1S/C27H15Br2NO5/c28-15-9-5-13(6-10-15)19-20-24(32)22(23(31)14-7-11-16(29)12-8-14)30-26(20)35-25-17-3-1-2-4-18(17)34-27(33)21(19)25/h1-12,19,22,30H/t19-,22+/m0/s1. The predicted octanol–water partition coefficient (Wildman–Crippen LogP) is 5.48.